The van der Waals surface area contributed by atoms with Gasteiger partial charge >= 0.3 is 6.03 Å². The standard InChI is InChI=1S/C9H12ClN3O2S/c1-2-6-4-11-8(16-6)5-12-9(15)13-7(14)3-10/h4H,2-3,5H2,1H3,(H2,12,13,14,15). The van der Waals surface area contributed by atoms with Crippen molar-refractivity contribution in [1.82, 2.24) is 15.6 Å². The number of imide groups is 1. The van der Waals surface area contributed by atoms with Crippen LogP contribution in [0.1, 0.15) is 16.8 Å². The summed E-state index contributed by atoms with van der Waals surface area (Å²) in [6.45, 7) is 2.35. The van der Waals surface area contributed by atoms with Gasteiger partial charge in [0.2, 0.25) is 5.91 Å². The Morgan fingerprint density at radius 1 is 1.56 bits per heavy atom. The summed E-state index contributed by atoms with van der Waals surface area (Å²) in [5.74, 6) is -0.752. The van der Waals surface area contributed by atoms with Crippen LogP contribution in [-0.4, -0.2) is 22.8 Å². The first-order chi connectivity index (χ1) is 7.65. The van der Waals surface area contributed by atoms with Gasteiger partial charge < -0.3 is 5.32 Å². The minimum Gasteiger partial charge on any atom is -0.331 e. The third kappa shape index (κ3) is 4.16. The van der Waals surface area contributed by atoms with E-state index in [0.29, 0.717) is 6.54 Å². The summed E-state index contributed by atoms with van der Waals surface area (Å²) in [6, 6.07) is -0.557. The van der Waals surface area contributed by atoms with E-state index in [1.165, 1.54) is 11.3 Å². The van der Waals surface area contributed by atoms with Crippen LogP contribution in [0.3, 0.4) is 0 Å². The lowest BCUT2D eigenvalue weighted by molar-refractivity contribution is -0.117. The van der Waals surface area contributed by atoms with Crippen LogP contribution in [0.25, 0.3) is 0 Å². The van der Waals surface area contributed by atoms with Crippen LogP contribution in [0, 0.1) is 0 Å². The highest BCUT2D eigenvalue weighted by molar-refractivity contribution is 7.11. The number of aryl methyl sites for hydroxylation is 1. The Balaban J connectivity index is 2.34. The largest absolute Gasteiger partial charge is 0.331 e. The summed E-state index contributed by atoms with van der Waals surface area (Å²) in [5.41, 5.74) is 0. The molecule has 0 spiro atoms. The van der Waals surface area contributed by atoms with Gasteiger partial charge in [-0.2, -0.15) is 0 Å². The number of hydrogen-bond acceptors (Lipinski definition) is 4. The predicted molar refractivity (Wildman–Crippen MR) is 62.6 cm³/mol. The first-order valence-electron chi connectivity index (χ1n) is 4.73. The second-order valence-corrected chi connectivity index (χ2v) is 4.41. The Morgan fingerprint density at radius 2 is 2.31 bits per heavy atom. The molecule has 0 fully saturated rings. The van der Waals surface area contributed by atoms with Gasteiger partial charge in [-0.25, -0.2) is 9.78 Å². The van der Waals surface area contributed by atoms with Gasteiger partial charge in [-0.05, 0) is 6.42 Å². The molecule has 0 bridgehead atoms. The summed E-state index contributed by atoms with van der Waals surface area (Å²) >= 11 is 6.77. The van der Waals surface area contributed by atoms with Crippen LogP contribution in [0.15, 0.2) is 6.20 Å². The van der Waals surface area contributed by atoms with Crippen LogP contribution in [0.5, 0.6) is 0 Å². The zero-order chi connectivity index (χ0) is 12.0. The number of nitrogens with zero attached hydrogens (tertiary/aromatic N) is 1. The fourth-order valence-corrected chi connectivity index (χ4v) is 1.82. The van der Waals surface area contributed by atoms with E-state index >= 15 is 0 Å². The van der Waals surface area contributed by atoms with Gasteiger partial charge in [-0.3, -0.25) is 10.1 Å². The van der Waals surface area contributed by atoms with Crippen LogP contribution in [0.4, 0.5) is 4.79 Å². The minimum atomic E-state index is -0.557. The van der Waals surface area contributed by atoms with Crippen molar-refractivity contribution in [3.8, 4) is 0 Å². The molecule has 1 aromatic rings. The molecule has 7 heteroatoms. The highest BCUT2D eigenvalue weighted by Gasteiger charge is 2.06. The summed E-state index contributed by atoms with van der Waals surface area (Å²) in [4.78, 5) is 27.2. The van der Waals surface area contributed by atoms with Gasteiger partial charge in [0, 0.05) is 11.1 Å². The third-order valence-corrected chi connectivity index (χ3v) is 3.11. The normalized spacial score (nSPS) is 9.88. The van der Waals surface area contributed by atoms with E-state index < -0.39 is 11.9 Å². The highest BCUT2D eigenvalue weighted by atomic mass is 35.5. The average molecular weight is 262 g/mol. The van der Waals surface area contributed by atoms with Crippen molar-refractivity contribution >= 4 is 34.9 Å². The molecule has 5 nitrogen and oxygen atoms in total. The van der Waals surface area contributed by atoms with Crippen molar-refractivity contribution < 1.29 is 9.59 Å². The van der Waals surface area contributed by atoms with Crippen molar-refractivity contribution in [1.29, 1.82) is 0 Å². The minimum absolute atomic E-state index is 0.231. The Hall–Kier alpha value is -1.14. The van der Waals surface area contributed by atoms with Crippen molar-refractivity contribution in [3.05, 3.63) is 16.1 Å². The summed E-state index contributed by atoms with van der Waals surface area (Å²) in [6.07, 6.45) is 2.71. The number of thiazole rings is 1. The molecule has 1 rings (SSSR count). The van der Waals surface area contributed by atoms with E-state index in [1.54, 1.807) is 6.20 Å². The van der Waals surface area contributed by atoms with E-state index in [9.17, 15) is 9.59 Å². The van der Waals surface area contributed by atoms with Gasteiger partial charge in [0.1, 0.15) is 10.9 Å². The molecule has 1 heterocycles. The van der Waals surface area contributed by atoms with Crippen LogP contribution in [0.2, 0.25) is 0 Å². The lowest BCUT2D eigenvalue weighted by Gasteiger charge is -2.02. The highest BCUT2D eigenvalue weighted by Crippen LogP contribution is 2.12. The van der Waals surface area contributed by atoms with Gasteiger partial charge in [0.25, 0.3) is 0 Å². The molecule has 0 radical (unpaired) electrons. The van der Waals surface area contributed by atoms with E-state index in [0.717, 1.165) is 16.3 Å². The number of amides is 3. The monoisotopic (exact) mass is 261 g/mol. The number of nitrogens with one attached hydrogen (secondary N) is 2. The molecule has 3 amide bonds. The molecular weight excluding hydrogens is 250 g/mol. The third-order valence-electron chi connectivity index (χ3n) is 1.72. The van der Waals surface area contributed by atoms with Gasteiger partial charge in [-0.1, -0.05) is 6.92 Å². The SMILES string of the molecule is CCc1cnc(CNC(=O)NC(=O)CCl)s1. The van der Waals surface area contributed by atoms with Crippen molar-refractivity contribution in [2.75, 3.05) is 5.88 Å². The Morgan fingerprint density at radius 3 is 2.88 bits per heavy atom. The molecule has 88 valence electrons. The number of carbonyl (C=O) groups is 2. The number of alkyl halides is 1. The Bertz CT molecular complexity index is 381. The second kappa shape index (κ2) is 6.44. The fourth-order valence-electron chi connectivity index (χ4n) is 0.953. The van der Waals surface area contributed by atoms with Gasteiger partial charge in [0.05, 0.1) is 6.54 Å². The molecule has 0 unspecified atom stereocenters. The number of carbonyl (C=O) groups excluding carboxylic acids is 2. The number of urea groups is 1. The van der Waals surface area contributed by atoms with E-state index in [4.69, 9.17) is 11.6 Å². The van der Waals surface area contributed by atoms with Crippen LogP contribution >= 0.6 is 22.9 Å². The van der Waals surface area contributed by atoms with Crippen molar-refractivity contribution in [2.45, 2.75) is 19.9 Å². The molecule has 16 heavy (non-hydrogen) atoms. The maximum atomic E-state index is 11.1. The molecule has 0 aliphatic heterocycles. The summed E-state index contributed by atoms with van der Waals surface area (Å²) in [7, 11) is 0. The van der Waals surface area contributed by atoms with Crippen LogP contribution < -0.4 is 10.6 Å². The number of hydrogen-bond donors (Lipinski definition) is 2. The van der Waals surface area contributed by atoms with E-state index in [1.807, 2.05) is 6.92 Å². The average Bonchev–Trinajstić information content (AvgIpc) is 2.74. The Kier molecular flexibility index (Phi) is 5.21. The quantitative estimate of drug-likeness (QED) is 0.802. The molecule has 1 aromatic heterocycles. The smallest absolute Gasteiger partial charge is 0.321 e. The summed E-state index contributed by atoms with van der Waals surface area (Å²) < 4.78 is 0. The lowest BCUT2D eigenvalue weighted by Crippen LogP contribution is -2.39. The number of rotatable bonds is 4. The number of aromatic nitrogens is 1. The topological polar surface area (TPSA) is 71.1 Å². The molecular formula is C9H12ClN3O2S. The molecule has 0 aromatic carbocycles. The predicted octanol–water partition coefficient (Wildman–Crippen LogP) is 1.27. The van der Waals surface area contributed by atoms with Gasteiger partial charge in [-0.15, -0.1) is 22.9 Å². The fraction of sp³-hybridized carbons (Fsp3) is 0.444. The first kappa shape index (κ1) is 12.9. The summed E-state index contributed by atoms with van der Waals surface area (Å²) in [5, 5.41) is 5.41. The molecule has 0 saturated carbocycles. The maximum Gasteiger partial charge on any atom is 0.321 e. The molecule has 0 atom stereocenters. The van der Waals surface area contributed by atoms with E-state index in [-0.39, 0.29) is 5.88 Å². The number of halogens is 1. The zero-order valence-corrected chi connectivity index (χ0v) is 10.3. The molecule has 2 N–H and O–H groups in total. The lowest BCUT2D eigenvalue weighted by atomic mass is 10.4. The van der Waals surface area contributed by atoms with Crippen molar-refractivity contribution in [2.24, 2.45) is 0 Å². The second-order valence-electron chi connectivity index (χ2n) is 2.94. The van der Waals surface area contributed by atoms with Crippen LogP contribution in [-0.2, 0) is 17.8 Å². The molecule has 0 aliphatic rings. The molecule has 0 saturated heterocycles. The van der Waals surface area contributed by atoms with Crippen molar-refractivity contribution in [3.63, 3.8) is 0 Å². The zero-order valence-electron chi connectivity index (χ0n) is 8.75. The van der Waals surface area contributed by atoms with E-state index in [2.05, 4.69) is 15.6 Å². The first-order valence-corrected chi connectivity index (χ1v) is 6.08. The molecule has 0 aliphatic carbocycles. The Labute approximate surface area is 102 Å². The maximum absolute atomic E-state index is 11.1. The van der Waals surface area contributed by atoms with Gasteiger partial charge in [0.15, 0.2) is 0 Å².